The molecule has 0 aromatic carbocycles. The van der Waals surface area contributed by atoms with Gasteiger partial charge in [-0.05, 0) is 38.4 Å². The van der Waals surface area contributed by atoms with Gasteiger partial charge >= 0.3 is 0 Å². The van der Waals surface area contributed by atoms with Crippen LogP contribution in [0.3, 0.4) is 0 Å². The fourth-order valence-electron chi connectivity index (χ4n) is 3.26. The average Bonchev–Trinajstić information content (AvgIpc) is 3.26. The molecule has 3 aromatic heterocycles. The highest BCUT2D eigenvalue weighted by molar-refractivity contribution is 7.13. The fourth-order valence-corrected chi connectivity index (χ4v) is 4.03. The van der Waals surface area contributed by atoms with E-state index in [-0.39, 0.29) is 0 Å². The quantitative estimate of drug-likeness (QED) is 0.731. The van der Waals surface area contributed by atoms with Crippen LogP contribution in [-0.4, -0.2) is 26.2 Å². The van der Waals surface area contributed by atoms with Crippen molar-refractivity contribution in [2.75, 3.05) is 6.54 Å². The molecule has 23 heavy (non-hydrogen) atoms. The van der Waals surface area contributed by atoms with Crippen molar-refractivity contribution >= 4 is 11.3 Å². The van der Waals surface area contributed by atoms with E-state index in [1.807, 2.05) is 37.0 Å². The second-order valence-corrected chi connectivity index (χ2v) is 6.99. The van der Waals surface area contributed by atoms with Crippen molar-refractivity contribution in [3.8, 4) is 10.8 Å². The van der Waals surface area contributed by atoms with Crippen LogP contribution in [0, 0.1) is 6.92 Å². The second kappa shape index (κ2) is 5.94. The van der Waals surface area contributed by atoms with Crippen LogP contribution in [0.15, 0.2) is 34.3 Å². The number of aromatic nitrogens is 3. The zero-order valence-corrected chi connectivity index (χ0v) is 14.2. The topological polar surface area (TPSA) is 47.1 Å². The summed E-state index contributed by atoms with van der Waals surface area (Å²) in [6.07, 6.45) is 6.54. The Labute approximate surface area is 139 Å². The van der Waals surface area contributed by atoms with Gasteiger partial charge in [-0.2, -0.15) is 5.10 Å². The van der Waals surface area contributed by atoms with Crippen molar-refractivity contribution in [3.05, 3.63) is 46.9 Å². The van der Waals surface area contributed by atoms with Crippen molar-refractivity contribution in [1.29, 1.82) is 0 Å². The van der Waals surface area contributed by atoms with Crippen LogP contribution in [0.5, 0.6) is 0 Å². The highest BCUT2D eigenvalue weighted by atomic mass is 32.1. The minimum atomic E-state index is 0.458. The molecule has 6 heteroatoms. The van der Waals surface area contributed by atoms with Crippen molar-refractivity contribution in [3.63, 3.8) is 0 Å². The normalized spacial score (nSPS) is 18.8. The molecular formula is C17H20N4OS. The third-order valence-corrected chi connectivity index (χ3v) is 5.25. The second-order valence-electron chi connectivity index (χ2n) is 6.13. The van der Waals surface area contributed by atoms with Gasteiger partial charge in [0.25, 0.3) is 0 Å². The Balaban J connectivity index is 1.50. The highest BCUT2D eigenvalue weighted by Gasteiger charge is 2.27. The molecule has 1 fully saturated rings. The van der Waals surface area contributed by atoms with Gasteiger partial charge in [0, 0.05) is 36.8 Å². The van der Waals surface area contributed by atoms with Gasteiger partial charge in [-0.1, -0.05) is 0 Å². The molecule has 0 saturated carbocycles. The van der Waals surface area contributed by atoms with E-state index in [0.717, 1.165) is 35.3 Å². The molecule has 1 saturated heterocycles. The van der Waals surface area contributed by atoms with E-state index in [2.05, 4.69) is 21.6 Å². The lowest BCUT2D eigenvalue weighted by Crippen LogP contribution is -2.22. The van der Waals surface area contributed by atoms with Gasteiger partial charge in [0.2, 0.25) is 0 Å². The Morgan fingerprint density at radius 3 is 3.04 bits per heavy atom. The van der Waals surface area contributed by atoms with Crippen LogP contribution < -0.4 is 0 Å². The van der Waals surface area contributed by atoms with Gasteiger partial charge in [0.1, 0.15) is 5.76 Å². The molecule has 120 valence electrons. The SMILES string of the molecule is Cc1ccc(-c2nc(CN3CCC[C@H]3c3cnn(C)c3)cs2)o1. The molecule has 5 nitrogen and oxygen atoms in total. The molecule has 1 aliphatic rings. The summed E-state index contributed by atoms with van der Waals surface area (Å²) in [5, 5.41) is 7.42. The molecule has 0 N–H and O–H groups in total. The summed E-state index contributed by atoms with van der Waals surface area (Å²) in [6, 6.07) is 4.43. The average molecular weight is 328 g/mol. The lowest BCUT2D eigenvalue weighted by atomic mass is 10.1. The Bertz CT molecular complexity index is 803. The molecule has 3 aromatic rings. The number of thiazole rings is 1. The van der Waals surface area contributed by atoms with Crippen LogP contribution in [0.4, 0.5) is 0 Å². The van der Waals surface area contributed by atoms with Crippen molar-refractivity contribution < 1.29 is 4.42 Å². The number of hydrogen-bond donors (Lipinski definition) is 0. The fraction of sp³-hybridized carbons (Fsp3) is 0.412. The lowest BCUT2D eigenvalue weighted by Gasteiger charge is -2.22. The standard InChI is InChI=1S/C17H20N4OS/c1-12-5-6-16(22-12)17-19-14(11-23-17)10-21-7-3-4-15(21)13-8-18-20(2)9-13/h5-6,8-9,11,15H,3-4,7,10H2,1-2H3/t15-/m0/s1. The van der Waals surface area contributed by atoms with Crippen molar-refractivity contribution in [1.82, 2.24) is 19.7 Å². The van der Waals surface area contributed by atoms with Crippen LogP contribution in [0.1, 0.15) is 35.9 Å². The zero-order valence-electron chi connectivity index (χ0n) is 13.4. The molecule has 4 rings (SSSR count). The van der Waals surface area contributed by atoms with Crippen LogP contribution in [0.25, 0.3) is 10.8 Å². The van der Waals surface area contributed by atoms with Gasteiger partial charge in [-0.25, -0.2) is 4.98 Å². The Kier molecular flexibility index (Phi) is 3.79. The molecular weight excluding hydrogens is 308 g/mol. The maximum Gasteiger partial charge on any atom is 0.162 e. The Hall–Kier alpha value is -1.92. The molecule has 0 aliphatic carbocycles. The zero-order chi connectivity index (χ0) is 15.8. The third kappa shape index (κ3) is 2.96. The molecule has 4 heterocycles. The summed E-state index contributed by atoms with van der Waals surface area (Å²) in [5.74, 6) is 1.79. The van der Waals surface area contributed by atoms with Gasteiger partial charge < -0.3 is 4.42 Å². The van der Waals surface area contributed by atoms with Crippen molar-refractivity contribution in [2.24, 2.45) is 7.05 Å². The summed E-state index contributed by atoms with van der Waals surface area (Å²) in [7, 11) is 1.97. The number of likely N-dealkylation sites (tertiary alicyclic amines) is 1. The Morgan fingerprint density at radius 1 is 1.39 bits per heavy atom. The molecule has 1 atom stereocenters. The summed E-state index contributed by atoms with van der Waals surface area (Å²) in [6.45, 7) is 3.96. The van der Waals surface area contributed by atoms with Gasteiger partial charge in [0.05, 0.1) is 11.9 Å². The van der Waals surface area contributed by atoms with E-state index in [1.165, 1.54) is 18.4 Å². The maximum atomic E-state index is 5.67. The number of hydrogen-bond acceptors (Lipinski definition) is 5. The minimum absolute atomic E-state index is 0.458. The highest BCUT2D eigenvalue weighted by Crippen LogP contribution is 2.33. The largest absolute Gasteiger partial charge is 0.459 e. The first-order valence-corrected chi connectivity index (χ1v) is 8.81. The van der Waals surface area contributed by atoms with E-state index < -0.39 is 0 Å². The van der Waals surface area contributed by atoms with E-state index in [1.54, 1.807) is 11.3 Å². The number of aryl methyl sites for hydroxylation is 2. The molecule has 0 amide bonds. The minimum Gasteiger partial charge on any atom is -0.459 e. The van der Waals surface area contributed by atoms with Crippen LogP contribution >= 0.6 is 11.3 Å². The molecule has 0 bridgehead atoms. The monoisotopic (exact) mass is 328 g/mol. The summed E-state index contributed by atoms with van der Waals surface area (Å²) >= 11 is 1.65. The Morgan fingerprint density at radius 2 is 2.30 bits per heavy atom. The molecule has 0 radical (unpaired) electrons. The van der Waals surface area contributed by atoms with Crippen molar-refractivity contribution in [2.45, 2.75) is 32.4 Å². The first-order valence-electron chi connectivity index (χ1n) is 7.93. The van der Waals surface area contributed by atoms with Gasteiger partial charge in [-0.15, -0.1) is 11.3 Å². The van der Waals surface area contributed by atoms with Crippen LogP contribution in [0.2, 0.25) is 0 Å². The van der Waals surface area contributed by atoms with Gasteiger partial charge in [-0.3, -0.25) is 9.58 Å². The van der Waals surface area contributed by atoms with E-state index >= 15 is 0 Å². The first-order chi connectivity index (χ1) is 11.2. The smallest absolute Gasteiger partial charge is 0.162 e. The first kappa shape index (κ1) is 14.7. The third-order valence-electron chi connectivity index (χ3n) is 4.34. The summed E-state index contributed by atoms with van der Waals surface area (Å²) in [4.78, 5) is 7.26. The molecule has 0 unspecified atom stereocenters. The summed E-state index contributed by atoms with van der Waals surface area (Å²) in [5.41, 5.74) is 2.43. The number of nitrogens with zero attached hydrogens (tertiary/aromatic N) is 4. The maximum absolute atomic E-state index is 5.67. The van der Waals surface area contributed by atoms with Gasteiger partial charge in [0.15, 0.2) is 10.8 Å². The van der Waals surface area contributed by atoms with E-state index in [4.69, 9.17) is 9.40 Å². The predicted octanol–water partition coefficient (Wildman–Crippen LogP) is 3.78. The molecule has 1 aliphatic heterocycles. The number of furan rings is 1. The predicted molar refractivity (Wildman–Crippen MR) is 90.1 cm³/mol. The van der Waals surface area contributed by atoms with E-state index in [9.17, 15) is 0 Å². The van der Waals surface area contributed by atoms with Crippen LogP contribution in [-0.2, 0) is 13.6 Å². The molecule has 0 spiro atoms. The lowest BCUT2D eigenvalue weighted by molar-refractivity contribution is 0.246. The van der Waals surface area contributed by atoms with E-state index in [0.29, 0.717) is 6.04 Å². The number of rotatable bonds is 4. The summed E-state index contributed by atoms with van der Waals surface area (Å²) < 4.78 is 7.55.